The summed E-state index contributed by atoms with van der Waals surface area (Å²) in [4.78, 5) is 39.5. The molecule has 1 aliphatic heterocycles. The molecule has 0 unspecified atom stereocenters. The summed E-state index contributed by atoms with van der Waals surface area (Å²) in [5, 5.41) is 0. The highest BCUT2D eigenvalue weighted by Gasteiger charge is 2.47. The Bertz CT molecular complexity index is 380. The van der Waals surface area contributed by atoms with Gasteiger partial charge in [0.05, 0.1) is 11.8 Å². The first-order valence-corrected chi connectivity index (χ1v) is 7.73. The molecule has 3 amide bonds. The SMILES string of the molecule is CCN(CC)C(=O)CCN1C(=O)[C@H]2CCCC[C@H]2C1=O. The van der Waals surface area contributed by atoms with E-state index in [9.17, 15) is 14.4 Å². The second kappa shape index (κ2) is 6.37. The number of amides is 3. The van der Waals surface area contributed by atoms with Gasteiger partial charge in [-0.25, -0.2) is 0 Å². The molecule has 1 aliphatic carbocycles. The molecule has 0 bridgehead atoms. The number of carbonyl (C=O) groups excluding carboxylic acids is 3. The third kappa shape index (κ3) is 2.72. The van der Waals surface area contributed by atoms with Gasteiger partial charge in [0.1, 0.15) is 0 Å². The van der Waals surface area contributed by atoms with E-state index in [1.807, 2.05) is 13.8 Å². The van der Waals surface area contributed by atoms with E-state index in [2.05, 4.69) is 0 Å². The first-order chi connectivity index (χ1) is 9.60. The summed E-state index contributed by atoms with van der Waals surface area (Å²) in [6.07, 6.45) is 3.98. The maximum absolute atomic E-state index is 12.3. The third-order valence-corrected chi connectivity index (χ3v) is 4.60. The summed E-state index contributed by atoms with van der Waals surface area (Å²) < 4.78 is 0. The lowest BCUT2D eigenvalue weighted by Gasteiger charge is -2.20. The Morgan fingerprint density at radius 1 is 1.10 bits per heavy atom. The third-order valence-electron chi connectivity index (χ3n) is 4.60. The molecule has 0 spiro atoms. The highest BCUT2D eigenvalue weighted by molar-refractivity contribution is 6.05. The molecular formula is C15H24N2O3. The number of hydrogen-bond acceptors (Lipinski definition) is 3. The van der Waals surface area contributed by atoms with E-state index < -0.39 is 0 Å². The van der Waals surface area contributed by atoms with Crippen LogP contribution in [0.1, 0.15) is 46.0 Å². The molecule has 5 heteroatoms. The van der Waals surface area contributed by atoms with E-state index in [-0.39, 0.29) is 42.5 Å². The quantitative estimate of drug-likeness (QED) is 0.716. The Morgan fingerprint density at radius 3 is 2.05 bits per heavy atom. The predicted octanol–water partition coefficient (Wildman–Crippen LogP) is 1.42. The smallest absolute Gasteiger partial charge is 0.233 e. The van der Waals surface area contributed by atoms with Crippen LogP contribution in [0, 0.1) is 11.8 Å². The number of nitrogens with zero attached hydrogens (tertiary/aromatic N) is 2. The van der Waals surface area contributed by atoms with E-state index in [0.717, 1.165) is 25.7 Å². The Morgan fingerprint density at radius 2 is 1.60 bits per heavy atom. The number of fused-ring (bicyclic) bond motifs is 1. The molecule has 0 aromatic heterocycles. The lowest BCUT2D eigenvalue weighted by atomic mass is 9.81. The van der Waals surface area contributed by atoms with Crippen molar-refractivity contribution in [1.82, 2.24) is 9.80 Å². The summed E-state index contributed by atoms with van der Waals surface area (Å²) in [5.74, 6) is -0.302. The van der Waals surface area contributed by atoms with Gasteiger partial charge in [0.2, 0.25) is 17.7 Å². The Kier molecular flexibility index (Phi) is 4.78. The number of likely N-dealkylation sites (tertiary alicyclic amines) is 1. The molecule has 0 aromatic carbocycles. The molecule has 20 heavy (non-hydrogen) atoms. The van der Waals surface area contributed by atoms with Crippen molar-refractivity contribution in [1.29, 1.82) is 0 Å². The molecule has 0 radical (unpaired) electrons. The Balaban J connectivity index is 1.94. The van der Waals surface area contributed by atoms with Crippen molar-refractivity contribution < 1.29 is 14.4 Å². The van der Waals surface area contributed by atoms with Crippen LogP contribution in [0.3, 0.4) is 0 Å². The van der Waals surface area contributed by atoms with Crippen LogP contribution in [0.2, 0.25) is 0 Å². The van der Waals surface area contributed by atoms with E-state index in [1.54, 1.807) is 4.90 Å². The minimum Gasteiger partial charge on any atom is -0.343 e. The van der Waals surface area contributed by atoms with Gasteiger partial charge in [-0.2, -0.15) is 0 Å². The Labute approximate surface area is 120 Å². The van der Waals surface area contributed by atoms with Crippen molar-refractivity contribution >= 4 is 17.7 Å². The lowest BCUT2D eigenvalue weighted by Crippen LogP contribution is -2.37. The van der Waals surface area contributed by atoms with Crippen LogP contribution in [-0.4, -0.2) is 47.2 Å². The summed E-state index contributed by atoms with van der Waals surface area (Å²) in [6.45, 7) is 5.45. The standard InChI is InChI=1S/C15H24N2O3/c1-3-16(4-2)13(18)9-10-17-14(19)11-7-5-6-8-12(11)15(17)20/h11-12H,3-10H2,1-2H3/t11-,12+. The average Bonchev–Trinajstić information content (AvgIpc) is 2.71. The summed E-state index contributed by atoms with van der Waals surface area (Å²) in [5.41, 5.74) is 0. The average molecular weight is 280 g/mol. The van der Waals surface area contributed by atoms with Crippen molar-refractivity contribution in [3.05, 3.63) is 0 Å². The second-order valence-electron chi connectivity index (χ2n) is 5.64. The molecule has 0 aromatic rings. The molecular weight excluding hydrogens is 256 g/mol. The number of imide groups is 1. The minimum atomic E-state index is -0.111. The van der Waals surface area contributed by atoms with E-state index in [1.165, 1.54) is 4.90 Å². The van der Waals surface area contributed by atoms with Gasteiger partial charge in [0.15, 0.2) is 0 Å². The molecule has 2 aliphatic rings. The van der Waals surface area contributed by atoms with Crippen molar-refractivity contribution in [2.45, 2.75) is 46.0 Å². The monoisotopic (exact) mass is 280 g/mol. The maximum atomic E-state index is 12.3. The van der Waals surface area contributed by atoms with Crippen LogP contribution in [0.25, 0.3) is 0 Å². The first-order valence-electron chi connectivity index (χ1n) is 7.73. The summed E-state index contributed by atoms with van der Waals surface area (Å²) >= 11 is 0. The zero-order valence-corrected chi connectivity index (χ0v) is 12.4. The fourth-order valence-electron chi connectivity index (χ4n) is 3.39. The van der Waals surface area contributed by atoms with Crippen molar-refractivity contribution in [2.24, 2.45) is 11.8 Å². The van der Waals surface area contributed by atoms with Crippen LogP contribution in [0.4, 0.5) is 0 Å². The number of hydrogen-bond donors (Lipinski definition) is 0. The van der Waals surface area contributed by atoms with Gasteiger partial charge >= 0.3 is 0 Å². The van der Waals surface area contributed by atoms with Gasteiger partial charge in [-0.1, -0.05) is 12.8 Å². The van der Waals surface area contributed by atoms with Gasteiger partial charge in [-0.05, 0) is 26.7 Å². The van der Waals surface area contributed by atoms with Gasteiger partial charge in [-0.15, -0.1) is 0 Å². The maximum Gasteiger partial charge on any atom is 0.233 e. The highest BCUT2D eigenvalue weighted by Crippen LogP contribution is 2.37. The van der Waals surface area contributed by atoms with Gasteiger partial charge in [0.25, 0.3) is 0 Å². The largest absolute Gasteiger partial charge is 0.343 e. The molecule has 1 saturated heterocycles. The van der Waals surface area contributed by atoms with Gasteiger partial charge < -0.3 is 4.90 Å². The summed E-state index contributed by atoms with van der Waals surface area (Å²) in [6, 6.07) is 0. The number of rotatable bonds is 5. The first kappa shape index (κ1) is 15.0. The highest BCUT2D eigenvalue weighted by atomic mass is 16.2. The molecule has 2 rings (SSSR count). The molecule has 0 N–H and O–H groups in total. The van der Waals surface area contributed by atoms with Crippen LogP contribution < -0.4 is 0 Å². The molecule has 5 nitrogen and oxygen atoms in total. The minimum absolute atomic E-state index is 0.0190. The summed E-state index contributed by atoms with van der Waals surface area (Å²) in [7, 11) is 0. The zero-order valence-electron chi connectivity index (χ0n) is 12.4. The van der Waals surface area contributed by atoms with Gasteiger partial charge in [-0.3, -0.25) is 19.3 Å². The van der Waals surface area contributed by atoms with Crippen LogP contribution in [0.15, 0.2) is 0 Å². The van der Waals surface area contributed by atoms with E-state index >= 15 is 0 Å². The van der Waals surface area contributed by atoms with Crippen LogP contribution >= 0.6 is 0 Å². The second-order valence-corrected chi connectivity index (χ2v) is 5.64. The number of carbonyl (C=O) groups is 3. The normalized spacial score (nSPS) is 25.8. The molecule has 1 heterocycles. The molecule has 112 valence electrons. The van der Waals surface area contributed by atoms with Gasteiger partial charge in [0, 0.05) is 26.1 Å². The van der Waals surface area contributed by atoms with Crippen LogP contribution in [-0.2, 0) is 14.4 Å². The van der Waals surface area contributed by atoms with Crippen molar-refractivity contribution in [2.75, 3.05) is 19.6 Å². The molecule has 2 fully saturated rings. The van der Waals surface area contributed by atoms with Crippen molar-refractivity contribution in [3.8, 4) is 0 Å². The van der Waals surface area contributed by atoms with Crippen molar-refractivity contribution in [3.63, 3.8) is 0 Å². The zero-order chi connectivity index (χ0) is 14.7. The fourth-order valence-corrected chi connectivity index (χ4v) is 3.39. The van der Waals surface area contributed by atoms with E-state index in [4.69, 9.17) is 0 Å². The van der Waals surface area contributed by atoms with Crippen LogP contribution in [0.5, 0.6) is 0 Å². The lowest BCUT2D eigenvalue weighted by molar-refractivity contribution is -0.140. The molecule has 2 atom stereocenters. The molecule has 1 saturated carbocycles. The fraction of sp³-hybridized carbons (Fsp3) is 0.800. The Hall–Kier alpha value is -1.39. The van der Waals surface area contributed by atoms with E-state index in [0.29, 0.717) is 13.1 Å². The predicted molar refractivity (Wildman–Crippen MR) is 74.7 cm³/mol. The topological polar surface area (TPSA) is 57.7 Å².